The molecule has 2 amide bonds. The molecule has 21 heavy (non-hydrogen) atoms. The SMILES string of the molecule is O=C(NCCCNc1ccccc1)Nc1cccc(Cl)c1. The third kappa shape index (κ3) is 5.75. The highest BCUT2D eigenvalue weighted by molar-refractivity contribution is 6.30. The van der Waals surface area contributed by atoms with E-state index in [2.05, 4.69) is 16.0 Å². The molecular formula is C16H18ClN3O. The lowest BCUT2D eigenvalue weighted by Crippen LogP contribution is -2.30. The van der Waals surface area contributed by atoms with Gasteiger partial charge in [-0.25, -0.2) is 4.79 Å². The van der Waals surface area contributed by atoms with Gasteiger partial charge >= 0.3 is 6.03 Å². The fourth-order valence-corrected chi connectivity index (χ4v) is 2.01. The first kappa shape index (κ1) is 15.2. The van der Waals surface area contributed by atoms with Gasteiger partial charge in [0.05, 0.1) is 0 Å². The van der Waals surface area contributed by atoms with Crippen molar-refractivity contribution in [3.8, 4) is 0 Å². The number of hydrogen-bond acceptors (Lipinski definition) is 2. The predicted octanol–water partition coefficient (Wildman–Crippen LogP) is 3.96. The summed E-state index contributed by atoms with van der Waals surface area (Å²) in [6, 6.07) is 16.8. The van der Waals surface area contributed by atoms with Crippen molar-refractivity contribution in [1.82, 2.24) is 5.32 Å². The molecule has 0 aliphatic heterocycles. The molecule has 110 valence electrons. The lowest BCUT2D eigenvalue weighted by atomic mass is 10.3. The van der Waals surface area contributed by atoms with Gasteiger partial charge in [-0.1, -0.05) is 35.9 Å². The Bertz CT molecular complexity index is 575. The number of urea groups is 1. The van der Waals surface area contributed by atoms with Gasteiger partial charge in [0.2, 0.25) is 0 Å². The van der Waals surface area contributed by atoms with Crippen LogP contribution in [0.2, 0.25) is 5.02 Å². The number of carbonyl (C=O) groups is 1. The number of rotatable bonds is 6. The molecule has 2 aromatic carbocycles. The first-order valence-electron chi connectivity index (χ1n) is 6.83. The normalized spacial score (nSPS) is 9.95. The quantitative estimate of drug-likeness (QED) is 0.707. The van der Waals surface area contributed by atoms with E-state index in [0.29, 0.717) is 17.3 Å². The summed E-state index contributed by atoms with van der Waals surface area (Å²) < 4.78 is 0. The average Bonchev–Trinajstić information content (AvgIpc) is 2.48. The second kappa shape index (κ2) is 8.17. The zero-order valence-corrected chi connectivity index (χ0v) is 12.4. The van der Waals surface area contributed by atoms with Crippen molar-refractivity contribution < 1.29 is 4.79 Å². The van der Waals surface area contributed by atoms with E-state index in [1.165, 1.54) is 0 Å². The summed E-state index contributed by atoms with van der Waals surface area (Å²) in [5.41, 5.74) is 1.77. The van der Waals surface area contributed by atoms with Crippen LogP contribution in [0.1, 0.15) is 6.42 Å². The monoisotopic (exact) mass is 303 g/mol. The van der Waals surface area contributed by atoms with Crippen LogP contribution in [0, 0.1) is 0 Å². The van der Waals surface area contributed by atoms with Gasteiger partial charge in [-0.05, 0) is 36.8 Å². The van der Waals surface area contributed by atoms with E-state index in [0.717, 1.165) is 18.7 Å². The van der Waals surface area contributed by atoms with Crippen molar-refractivity contribution in [2.75, 3.05) is 23.7 Å². The third-order valence-electron chi connectivity index (χ3n) is 2.82. The van der Waals surface area contributed by atoms with Crippen molar-refractivity contribution in [3.05, 3.63) is 59.6 Å². The van der Waals surface area contributed by atoms with E-state index < -0.39 is 0 Å². The highest BCUT2D eigenvalue weighted by Crippen LogP contribution is 2.14. The van der Waals surface area contributed by atoms with Crippen LogP contribution in [0.5, 0.6) is 0 Å². The highest BCUT2D eigenvalue weighted by atomic mass is 35.5. The molecule has 0 aliphatic carbocycles. The number of nitrogens with one attached hydrogen (secondary N) is 3. The largest absolute Gasteiger partial charge is 0.385 e. The predicted molar refractivity (Wildman–Crippen MR) is 88.0 cm³/mol. The fraction of sp³-hybridized carbons (Fsp3) is 0.188. The maximum absolute atomic E-state index is 11.7. The molecule has 0 saturated heterocycles. The number of benzene rings is 2. The summed E-state index contributed by atoms with van der Waals surface area (Å²) in [4.78, 5) is 11.7. The van der Waals surface area contributed by atoms with E-state index in [1.54, 1.807) is 24.3 Å². The van der Waals surface area contributed by atoms with Crippen LogP contribution in [0.15, 0.2) is 54.6 Å². The average molecular weight is 304 g/mol. The summed E-state index contributed by atoms with van der Waals surface area (Å²) in [5.74, 6) is 0. The molecular weight excluding hydrogens is 286 g/mol. The van der Waals surface area contributed by atoms with Crippen molar-refractivity contribution in [2.45, 2.75) is 6.42 Å². The van der Waals surface area contributed by atoms with Crippen LogP contribution in [0.3, 0.4) is 0 Å². The second-order valence-corrected chi connectivity index (χ2v) is 4.97. The minimum Gasteiger partial charge on any atom is -0.385 e. The maximum Gasteiger partial charge on any atom is 0.319 e. The van der Waals surface area contributed by atoms with Crippen LogP contribution in [-0.2, 0) is 0 Å². The summed E-state index contributed by atoms with van der Waals surface area (Å²) in [7, 11) is 0. The first-order chi connectivity index (χ1) is 10.2. The number of hydrogen-bond donors (Lipinski definition) is 3. The van der Waals surface area contributed by atoms with Gasteiger partial charge in [-0.15, -0.1) is 0 Å². The maximum atomic E-state index is 11.7. The Morgan fingerprint density at radius 2 is 1.71 bits per heavy atom. The lowest BCUT2D eigenvalue weighted by Gasteiger charge is -2.09. The Morgan fingerprint density at radius 1 is 0.952 bits per heavy atom. The van der Waals surface area contributed by atoms with Crippen molar-refractivity contribution in [3.63, 3.8) is 0 Å². The molecule has 0 heterocycles. The van der Waals surface area contributed by atoms with E-state index >= 15 is 0 Å². The van der Waals surface area contributed by atoms with Gasteiger partial charge in [0, 0.05) is 29.5 Å². The molecule has 0 atom stereocenters. The van der Waals surface area contributed by atoms with Gasteiger partial charge < -0.3 is 16.0 Å². The van der Waals surface area contributed by atoms with Gasteiger partial charge in [0.25, 0.3) is 0 Å². The molecule has 0 saturated carbocycles. The number of carbonyl (C=O) groups excluding carboxylic acids is 1. The van der Waals surface area contributed by atoms with E-state index in [4.69, 9.17) is 11.6 Å². The Hall–Kier alpha value is -2.20. The Kier molecular flexibility index (Phi) is 5.91. The molecule has 3 N–H and O–H groups in total. The van der Waals surface area contributed by atoms with Gasteiger partial charge in [-0.3, -0.25) is 0 Å². The fourth-order valence-electron chi connectivity index (χ4n) is 1.82. The highest BCUT2D eigenvalue weighted by Gasteiger charge is 2.01. The standard InChI is InChI=1S/C16H18ClN3O/c17-13-6-4-9-15(12-13)20-16(21)19-11-5-10-18-14-7-2-1-3-8-14/h1-4,6-9,12,18H,5,10-11H2,(H2,19,20,21). The van der Waals surface area contributed by atoms with Crippen molar-refractivity contribution in [1.29, 1.82) is 0 Å². The molecule has 2 aromatic rings. The van der Waals surface area contributed by atoms with Crippen molar-refractivity contribution in [2.24, 2.45) is 0 Å². The molecule has 4 nitrogen and oxygen atoms in total. The van der Waals surface area contributed by atoms with Crippen LogP contribution in [0.25, 0.3) is 0 Å². The van der Waals surface area contributed by atoms with Crippen LogP contribution in [0.4, 0.5) is 16.2 Å². The van der Waals surface area contributed by atoms with E-state index in [-0.39, 0.29) is 6.03 Å². The zero-order chi connectivity index (χ0) is 14.9. The first-order valence-corrected chi connectivity index (χ1v) is 7.21. The molecule has 0 bridgehead atoms. The Balaban J connectivity index is 1.61. The summed E-state index contributed by atoms with van der Waals surface area (Å²) in [6.45, 7) is 1.41. The summed E-state index contributed by atoms with van der Waals surface area (Å²) >= 11 is 5.85. The van der Waals surface area contributed by atoms with Crippen LogP contribution in [-0.4, -0.2) is 19.1 Å². The van der Waals surface area contributed by atoms with Crippen molar-refractivity contribution >= 4 is 29.0 Å². The molecule has 0 aromatic heterocycles. The molecule has 5 heteroatoms. The Morgan fingerprint density at radius 3 is 2.48 bits per heavy atom. The lowest BCUT2D eigenvalue weighted by molar-refractivity contribution is 0.252. The molecule has 0 unspecified atom stereocenters. The third-order valence-corrected chi connectivity index (χ3v) is 3.06. The zero-order valence-electron chi connectivity index (χ0n) is 11.6. The summed E-state index contributed by atoms with van der Waals surface area (Å²) in [5, 5.41) is 9.42. The molecule has 0 fully saturated rings. The number of para-hydroxylation sites is 1. The minimum atomic E-state index is -0.225. The van der Waals surface area contributed by atoms with Gasteiger partial charge in [-0.2, -0.15) is 0 Å². The van der Waals surface area contributed by atoms with Gasteiger partial charge in [0.15, 0.2) is 0 Å². The van der Waals surface area contributed by atoms with E-state index in [9.17, 15) is 4.79 Å². The topological polar surface area (TPSA) is 53.2 Å². The molecule has 0 aliphatic rings. The van der Waals surface area contributed by atoms with E-state index in [1.807, 2.05) is 30.3 Å². The van der Waals surface area contributed by atoms with Crippen LogP contribution < -0.4 is 16.0 Å². The molecule has 2 rings (SSSR count). The minimum absolute atomic E-state index is 0.225. The van der Waals surface area contributed by atoms with Crippen LogP contribution >= 0.6 is 11.6 Å². The smallest absolute Gasteiger partial charge is 0.319 e. The summed E-state index contributed by atoms with van der Waals surface area (Å²) in [6.07, 6.45) is 0.845. The number of amides is 2. The molecule has 0 spiro atoms. The van der Waals surface area contributed by atoms with Gasteiger partial charge in [0.1, 0.15) is 0 Å². The second-order valence-electron chi connectivity index (χ2n) is 4.54. The molecule has 0 radical (unpaired) electrons. The Labute approximate surface area is 129 Å². The number of anilines is 2. The number of halogens is 1.